The van der Waals surface area contributed by atoms with E-state index in [9.17, 15) is 0 Å². The molecule has 6 heteroatoms. The van der Waals surface area contributed by atoms with Crippen molar-refractivity contribution >= 4 is 0 Å². The van der Waals surface area contributed by atoms with E-state index in [1.165, 1.54) is 21.6 Å². The summed E-state index contributed by atoms with van der Waals surface area (Å²) in [5.41, 5.74) is 5.25. The van der Waals surface area contributed by atoms with Gasteiger partial charge in [0, 0.05) is 17.5 Å². The van der Waals surface area contributed by atoms with Gasteiger partial charge >= 0.3 is 0 Å². The fourth-order valence-corrected chi connectivity index (χ4v) is 4.50. The second kappa shape index (κ2) is 8.70. The van der Waals surface area contributed by atoms with Crippen LogP contribution in [0.25, 0.3) is 0 Å². The van der Waals surface area contributed by atoms with Gasteiger partial charge in [0.15, 0.2) is 6.04 Å². The first-order chi connectivity index (χ1) is 15.3. The Hall–Kier alpha value is -3.51. The van der Waals surface area contributed by atoms with Gasteiger partial charge in [0.1, 0.15) is 12.3 Å². The Balaban J connectivity index is 1.49. The molecule has 31 heavy (non-hydrogen) atoms. The number of rotatable bonds is 6. The van der Waals surface area contributed by atoms with Crippen molar-refractivity contribution < 1.29 is 9.64 Å². The maximum absolute atomic E-state index is 5.28. The Labute approximate surface area is 182 Å². The van der Waals surface area contributed by atoms with Gasteiger partial charge in [0.2, 0.25) is 5.82 Å². The van der Waals surface area contributed by atoms with Gasteiger partial charge in [0.25, 0.3) is 0 Å². The first kappa shape index (κ1) is 19.5. The Morgan fingerprint density at radius 1 is 0.935 bits per heavy atom. The topological polar surface area (TPSA) is 57.3 Å². The highest BCUT2D eigenvalue weighted by Crippen LogP contribution is 2.21. The van der Waals surface area contributed by atoms with Crippen LogP contribution in [-0.2, 0) is 19.5 Å². The standard InChI is InChI=1S/C25H25N5O/c1-31-23-13-11-19(12-14-23)17-30-25(26-27-28-30)24(21-8-3-2-4-9-21)29-16-15-20-7-5-6-10-22(20)18-29/h2-14,24H,15-18H2,1H3/p+1/t24-/m1/s1. The van der Waals surface area contributed by atoms with E-state index in [4.69, 9.17) is 4.74 Å². The number of nitrogens with zero attached hydrogens (tertiary/aromatic N) is 4. The lowest BCUT2D eigenvalue weighted by atomic mass is 9.96. The van der Waals surface area contributed by atoms with Crippen molar-refractivity contribution in [1.82, 2.24) is 20.2 Å². The first-order valence-electron chi connectivity index (χ1n) is 10.7. The quantitative estimate of drug-likeness (QED) is 0.529. The lowest BCUT2D eigenvalue weighted by molar-refractivity contribution is -0.941. The minimum absolute atomic E-state index is 0.0720. The van der Waals surface area contributed by atoms with Gasteiger partial charge in [0.05, 0.1) is 20.2 Å². The molecule has 0 radical (unpaired) electrons. The highest BCUT2D eigenvalue weighted by Gasteiger charge is 2.33. The smallest absolute Gasteiger partial charge is 0.214 e. The van der Waals surface area contributed by atoms with Crippen LogP contribution in [0.4, 0.5) is 0 Å². The SMILES string of the molecule is COc1ccc(Cn2nnnc2[C@@H](c2ccccc2)[NH+]2CCc3ccccc3C2)cc1. The molecule has 1 aliphatic rings. The largest absolute Gasteiger partial charge is 0.497 e. The van der Waals surface area contributed by atoms with Crippen LogP contribution in [0.3, 0.4) is 0 Å². The van der Waals surface area contributed by atoms with Gasteiger partial charge in [-0.1, -0.05) is 66.7 Å². The van der Waals surface area contributed by atoms with E-state index in [1.807, 2.05) is 16.8 Å². The number of ether oxygens (including phenoxy) is 1. The molecule has 0 bridgehead atoms. The molecule has 2 atom stereocenters. The van der Waals surface area contributed by atoms with E-state index in [0.717, 1.165) is 36.6 Å². The molecule has 0 saturated heterocycles. The van der Waals surface area contributed by atoms with Gasteiger partial charge in [-0.3, -0.25) is 0 Å². The first-order valence-corrected chi connectivity index (χ1v) is 10.7. The van der Waals surface area contributed by atoms with Crippen LogP contribution in [0.15, 0.2) is 78.9 Å². The van der Waals surface area contributed by atoms with Gasteiger partial charge in [-0.2, -0.15) is 0 Å². The summed E-state index contributed by atoms with van der Waals surface area (Å²) < 4.78 is 7.22. The van der Waals surface area contributed by atoms with Crippen LogP contribution < -0.4 is 9.64 Å². The number of tetrazole rings is 1. The van der Waals surface area contributed by atoms with Crippen molar-refractivity contribution in [2.24, 2.45) is 0 Å². The molecule has 1 N–H and O–H groups in total. The highest BCUT2D eigenvalue weighted by molar-refractivity contribution is 5.29. The van der Waals surface area contributed by atoms with Gasteiger partial charge in [-0.05, 0) is 33.7 Å². The Morgan fingerprint density at radius 3 is 2.45 bits per heavy atom. The molecule has 0 fully saturated rings. The van der Waals surface area contributed by atoms with Gasteiger partial charge in [-0.15, -0.1) is 5.10 Å². The number of benzene rings is 3. The normalized spacial score (nSPS) is 16.5. The van der Waals surface area contributed by atoms with Crippen LogP contribution in [-0.4, -0.2) is 33.9 Å². The van der Waals surface area contributed by atoms with E-state index in [2.05, 4.69) is 82.3 Å². The molecule has 0 spiro atoms. The lowest BCUT2D eigenvalue weighted by Crippen LogP contribution is -3.12. The van der Waals surface area contributed by atoms with Crippen LogP contribution in [0, 0.1) is 0 Å². The maximum Gasteiger partial charge on any atom is 0.214 e. The van der Waals surface area contributed by atoms with Crippen molar-refractivity contribution in [3.63, 3.8) is 0 Å². The van der Waals surface area contributed by atoms with E-state index >= 15 is 0 Å². The number of nitrogens with one attached hydrogen (secondary N) is 1. The molecule has 0 amide bonds. The second-order valence-corrected chi connectivity index (χ2v) is 7.99. The lowest BCUT2D eigenvalue weighted by Gasteiger charge is -2.32. The average Bonchev–Trinajstić information content (AvgIpc) is 3.28. The predicted octanol–water partition coefficient (Wildman–Crippen LogP) is 2.46. The number of quaternary nitrogens is 1. The maximum atomic E-state index is 5.28. The van der Waals surface area contributed by atoms with Crippen molar-refractivity contribution in [1.29, 1.82) is 0 Å². The number of methoxy groups -OCH3 is 1. The third-order valence-corrected chi connectivity index (χ3v) is 6.10. The Bertz CT molecular complexity index is 1140. The molecule has 0 aliphatic carbocycles. The summed E-state index contributed by atoms with van der Waals surface area (Å²) in [4.78, 5) is 1.47. The highest BCUT2D eigenvalue weighted by atomic mass is 16.5. The van der Waals surface area contributed by atoms with Crippen LogP contribution in [0.2, 0.25) is 0 Å². The molecule has 1 aliphatic heterocycles. The number of hydrogen-bond acceptors (Lipinski definition) is 4. The van der Waals surface area contributed by atoms with Gasteiger partial charge in [-0.25, -0.2) is 4.68 Å². The fraction of sp³-hybridized carbons (Fsp3) is 0.240. The number of hydrogen-bond donors (Lipinski definition) is 1. The minimum atomic E-state index is 0.0720. The molecule has 1 unspecified atom stereocenters. The Kier molecular flexibility index (Phi) is 5.46. The summed E-state index contributed by atoms with van der Waals surface area (Å²) in [5, 5.41) is 12.9. The second-order valence-electron chi connectivity index (χ2n) is 7.99. The van der Waals surface area contributed by atoms with Crippen molar-refractivity contribution in [2.45, 2.75) is 25.6 Å². The summed E-state index contributed by atoms with van der Waals surface area (Å²) in [6.07, 6.45) is 1.06. The summed E-state index contributed by atoms with van der Waals surface area (Å²) in [6, 6.07) is 27.5. The van der Waals surface area contributed by atoms with Crippen LogP contribution in [0.1, 0.15) is 34.1 Å². The molecule has 6 nitrogen and oxygen atoms in total. The van der Waals surface area contributed by atoms with E-state index in [0.29, 0.717) is 6.54 Å². The molecule has 5 rings (SSSR count). The molecule has 3 aromatic carbocycles. The predicted molar refractivity (Wildman–Crippen MR) is 118 cm³/mol. The monoisotopic (exact) mass is 412 g/mol. The van der Waals surface area contributed by atoms with Crippen LogP contribution >= 0.6 is 0 Å². The summed E-state index contributed by atoms with van der Waals surface area (Å²) in [7, 11) is 1.68. The molecule has 4 aromatic rings. The summed E-state index contributed by atoms with van der Waals surface area (Å²) in [5.74, 6) is 1.75. The summed E-state index contributed by atoms with van der Waals surface area (Å²) >= 11 is 0. The van der Waals surface area contributed by atoms with Crippen molar-refractivity contribution in [2.75, 3.05) is 13.7 Å². The zero-order chi connectivity index (χ0) is 21.0. The molecular weight excluding hydrogens is 386 g/mol. The summed E-state index contributed by atoms with van der Waals surface area (Å²) in [6.45, 7) is 2.64. The molecule has 1 aromatic heterocycles. The van der Waals surface area contributed by atoms with E-state index in [-0.39, 0.29) is 6.04 Å². The van der Waals surface area contributed by atoms with E-state index < -0.39 is 0 Å². The third kappa shape index (κ3) is 4.07. The van der Waals surface area contributed by atoms with Crippen LogP contribution in [0.5, 0.6) is 5.75 Å². The molecule has 2 heterocycles. The van der Waals surface area contributed by atoms with Crippen molar-refractivity contribution in [3.05, 3.63) is 107 Å². The third-order valence-electron chi connectivity index (χ3n) is 6.10. The Morgan fingerprint density at radius 2 is 1.68 bits per heavy atom. The van der Waals surface area contributed by atoms with Crippen molar-refractivity contribution in [3.8, 4) is 5.75 Å². The molecule has 156 valence electrons. The molecule has 0 saturated carbocycles. The zero-order valence-electron chi connectivity index (χ0n) is 17.6. The fourth-order valence-electron chi connectivity index (χ4n) is 4.50. The minimum Gasteiger partial charge on any atom is -0.497 e. The zero-order valence-corrected chi connectivity index (χ0v) is 17.6. The van der Waals surface area contributed by atoms with E-state index in [1.54, 1.807) is 7.11 Å². The van der Waals surface area contributed by atoms with Gasteiger partial charge < -0.3 is 9.64 Å². The molecular formula is C25H26N5O+. The number of aromatic nitrogens is 4. The number of fused-ring (bicyclic) bond motifs is 1. The average molecular weight is 413 g/mol.